The molecule has 20 heavy (non-hydrogen) atoms. The maximum Gasteiger partial charge on any atom is 0.296 e. The van der Waals surface area contributed by atoms with Gasteiger partial charge >= 0.3 is 0 Å². The summed E-state index contributed by atoms with van der Waals surface area (Å²) in [6.07, 6.45) is 1.87. The van der Waals surface area contributed by atoms with Crippen LogP contribution in [-0.2, 0) is 6.54 Å². The van der Waals surface area contributed by atoms with Gasteiger partial charge in [0.1, 0.15) is 0 Å². The second-order valence-corrected chi connectivity index (χ2v) is 5.02. The predicted octanol–water partition coefficient (Wildman–Crippen LogP) is 1.88. The Bertz CT molecular complexity index is 756. The van der Waals surface area contributed by atoms with E-state index in [1.807, 2.05) is 36.6 Å². The van der Waals surface area contributed by atoms with Gasteiger partial charge in [0.15, 0.2) is 22.1 Å². The summed E-state index contributed by atoms with van der Waals surface area (Å²) in [5.41, 5.74) is 7.87. The van der Waals surface area contributed by atoms with Gasteiger partial charge in [-0.15, -0.1) is 0 Å². The maximum atomic E-state index is 10.0. The van der Waals surface area contributed by atoms with Crippen LogP contribution in [0.5, 0.6) is 6.01 Å². The molecule has 0 saturated carbocycles. The van der Waals surface area contributed by atoms with Crippen molar-refractivity contribution in [2.45, 2.75) is 11.7 Å². The SMILES string of the molecule is CSc1nc(N)c2nc(O)n(Cc3ccccc3)c2n1. The standard InChI is InChI=1S/C13H13N5OS/c1-20-12-16-10(14)9-11(17-12)18(13(19)15-9)7-8-5-3-2-4-6-8/h2-6H,7H2,1H3,(H,15,19)(H2,14,16,17). The average molecular weight is 287 g/mol. The van der Waals surface area contributed by atoms with Gasteiger partial charge in [-0.3, -0.25) is 4.57 Å². The summed E-state index contributed by atoms with van der Waals surface area (Å²) in [6, 6.07) is 9.69. The van der Waals surface area contributed by atoms with Crippen molar-refractivity contribution in [3.8, 4) is 6.01 Å². The normalized spacial score (nSPS) is 11.1. The zero-order chi connectivity index (χ0) is 14.1. The minimum absolute atomic E-state index is 0.108. The molecule has 1 aromatic carbocycles. The van der Waals surface area contributed by atoms with Gasteiger partial charge in [-0.05, 0) is 11.8 Å². The Balaban J connectivity index is 2.14. The van der Waals surface area contributed by atoms with Crippen molar-refractivity contribution in [1.82, 2.24) is 19.5 Å². The van der Waals surface area contributed by atoms with Gasteiger partial charge in [-0.2, -0.15) is 4.98 Å². The summed E-state index contributed by atoms with van der Waals surface area (Å²) in [5, 5.41) is 10.6. The Labute approximate surface area is 119 Å². The fourth-order valence-corrected chi connectivity index (χ4v) is 2.36. The van der Waals surface area contributed by atoms with Crippen molar-refractivity contribution in [3.63, 3.8) is 0 Å². The Morgan fingerprint density at radius 2 is 1.95 bits per heavy atom. The lowest BCUT2D eigenvalue weighted by Gasteiger charge is -2.05. The van der Waals surface area contributed by atoms with Gasteiger partial charge in [0.05, 0.1) is 6.54 Å². The summed E-state index contributed by atoms with van der Waals surface area (Å²) >= 11 is 1.40. The van der Waals surface area contributed by atoms with E-state index in [9.17, 15) is 5.11 Å². The van der Waals surface area contributed by atoms with Gasteiger partial charge in [-0.25, -0.2) is 9.97 Å². The third-order valence-corrected chi connectivity index (χ3v) is 3.49. The summed E-state index contributed by atoms with van der Waals surface area (Å²) in [4.78, 5) is 12.6. The number of nitrogens with zero attached hydrogens (tertiary/aromatic N) is 4. The first-order valence-corrected chi connectivity index (χ1v) is 7.22. The number of anilines is 1. The van der Waals surface area contributed by atoms with E-state index in [2.05, 4.69) is 15.0 Å². The highest BCUT2D eigenvalue weighted by Gasteiger charge is 2.16. The second kappa shape index (κ2) is 5.01. The second-order valence-electron chi connectivity index (χ2n) is 4.25. The Morgan fingerprint density at radius 3 is 2.65 bits per heavy atom. The predicted molar refractivity (Wildman–Crippen MR) is 78.7 cm³/mol. The zero-order valence-electron chi connectivity index (χ0n) is 10.8. The molecule has 0 spiro atoms. The number of thioether (sulfide) groups is 1. The molecule has 0 bridgehead atoms. The molecule has 3 aromatic rings. The fourth-order valence-electron chi connectivity index (χ4n) is 1.99. The molecule has 0 aliphatic rings. The minimum atomic E-state index is -0.108. The summed E-state index contributed by atoms with van der Waals surface area (Å²) in [7, 11) is 0. The molecule has 0 atom stereocenters. The Morgan fingerprint density at radius 1 is 1.20 bits per heavy atom. The quantitative estimate of drug-likeness (QED) is 0.564. The summed E-state index contributed by atoms with van der Waals surface area (Å²) < 4.78 is 1.63. The number of rotatable bonds is 3. The van der Waals surface area contributed by atoms with Gasteiger partial charge < -0.3 is 10.8 Å². The number of nitrogen functional groups attached to an aromatic ring is 1. The van der Waals surface area contributed by atoms with E-state index < -0.39 is 0 Å². The number of aromatic nitrogens is 4. The summed E-state index contributed by atoms with van der Waals surface area (Å²) in [5.74, 6) is 0.279. The number of aromatic hydroxyl groups is 1. The largest absolute Gasteiger partial charge is 0.480 e. The molecule has 6 nitrogen and oxygen atoms in total. The first-order chi connectivity index (χ1) is 9.69. The van der Waals surface area contributed by atoms with Crippen LogP contribution in [-0.4, -0.2) is 30.9 Å². The number of imidazole rings is 1. The van der Waals surface area contributed by atoms with Crippen molar-refractivity contribution in [1.29, 1.82) is 0 Å². The van der Waals surface area contributed by atoms with E-state index in [1.165, 1.54) is 11.8 Å². The van der Waals surface area contributed by atoms with Crippen LogP contribution in [0.15, 0.2) is 35.5 Å². The number of hydrogen-bond donors (Lipinski definition) is 2. The van der Waals surface area contributed by atoms with Gasteiger partial charge in [0.25, 0.3) is 6.01 Å². The first-order valence-electron chi connectivity index (χ1n) is 5.99. The van der Waals surface area contributed by atoms with Gasteiger partial charge in [0, 0.05) is 0 Å². The van der Waals surface area contributed by atoms with Crippen LogP contribution in [0.3, 0.4) is 0 Å². The fraction of sp³-hybridized carbons (Fsp3) is 0.154. The van der Waals surface area contributed by atoms with Crippen LogP contribution in [0.25, 0.3) is 11.2 Å². The molecule has 102 valence electrons. The lowest BCUT2D eigenvalue weighted by Crippen LogP contribution is -2.02. The number of nitrogens with two attached hydrogens (primary N) is 1. The van der Waals surface area contributed by atoms with E-state index in [0.29, 0.717) is 22.9 Å². The topological polar surface area (TPSA) is 89.9 Å². The molecule has 3 N–H and O–H groups in total. The third kappa shape index (κ3) is 2.16. The molecule has 0 aliphatic carbocycles. The Kier molecular flexibility index (Phi) is 3.19. The molecule has 2 heterocycles. The zero-order valence-corrected chi connectivity index (χ0v) is 11.6. The number of fused-ring (bicyclic) bond motifs is 1. The van der Waals surface area contributed by atoms with E-state index in [0.717, 1.165) is 5.56 Å². The molecule has 0 fully saturated rings. The lowest BCUT2D eigenvalue weighted by molar-refractivity contribution is 0.408. The van der Waals surface area contributed by atoms with Crippen LogP contribution in [0.4, 0.5) is 5.82 Å². The van der Waals surface area contributed by atoms with Crippen LogP contribution in [0.1, 0.15) is 5.56 Å². The van der Waals surface area contributed by atoms with Crippen molar-refractivity contribution in [2.75, 3.05) is 12.0 Å². The van der Waals surface area contributed by atoms with E-state index in [4.69, 9.17) is 5.73 Å². The smallest absolute Gasteiger partial charge is 0.296 e. The molecule has 3 rings (SSSR count). The van der Waals surface area contributed by atoms with Crippen LogP contribution >= 0.6 is 11.8 Å². The van der Waals surface area contributed by atoms with Crippen LogP contribution < -0.4 is 5.73 Å². The van der Waals surface area contributed by atoms with Crippen molar-refractivity contribution in [3.05, 3.63) is 35.9 Å². The number of hydrogen-bond acceptors (Lipinski definition) is 6. The van der Waals surface area contributed by atoms with Crippen molar-refractivity contribution < 1.29 is 5.11 Å². The molecular weight excluding hydrogens is 274 g/mol. The molecule has 2 aromatic heterocycles. The highest BCUT2D eigenvalue weighted by molar-refractivity contribution is 7.98. The Hall–Kier alpha value is -2.28. The number of benzene rings is 1. The first kappa shape index (κ1) is 12.7. The molecule has 0 radical (unpaired) electrons. The molecular formula is C13H13N5OS. The monoisotopic (exact) mass is 287 g/mol. The minimum Gasteiger partial charge on any atom is -0.480 e. The van der Waals surface area contributed by atoms with Gasteiger partial charge in [-0.1, -0.05) is 42.1 Å². The van der Waals surface area contributed by atoms with Crippen molar-refractivity contribution in [2.24, 2.45) is 0 Å². The van der Waals surface area contributed by atoms with Crippen molar-refractivity contribution >= 4 is 28.7 Å². The maximum absolute atomic E-state index is 10.0. The molecule has 0 amide bonds. The van der Waals surface area contributed by atoms with Gasteiger partial charge in [0.2, 0.25) is 0 Å². The molecule has 0 unspecified atom stereocenters. The molecule has 7 heteroatoms. The highest BCUT2D eigenvalue weighted by Crippen LogP contribution is 2.25. The van der Waals surface area contributed by atoms with Crippen LogP contribution in [0.2, 0.25) is 0 Å². The third-order valence-electron chi connectivity index (χ3n) is 2.95. The summed E-state index contributed by atoms with van der Waals surface area (Å²) in [6.45, 7) is 0.480. The lowest BCUT2D eigenvalue weighted by atomic mass is 10.2. The van der Waals surface area contributed by atoms with E-state index in [1.54, 1.807) is 4.57 Å². The van der Waals surface area contributed by atoms with E-state index >= 15 is 0 Å². The van der Waals surface area contributed by atoms with Crippen LogP contribution in [0, 0.1) is 0 Å². The van der Waals surface area contributed by atoms with E-state index in [-0.39, 0.29) is 11.8 Å². The molecule has 0 saturated heterocycles. The highest BCUT2D eigenvalue weighted by atomic mass is 32.2. The molecule has 0 aliphatic heterocycles. The average Bonchev–Trinajstić information content (AvgIpc) is 2.77.